The van der Waals surface area contributed by atoms with Gasteiger partial charge in [0.05, 0.1) is 5.69 Å². The highest BCUT2D eigenvalue weighted by atomic mass is 79.9. The summed E-state index contributed by atoms with van der Waals surface area (Å²) in [5.74, 6) is 0. The Hall–Kier alpha value is -1.71. The molecule has 0 radical (unpaired) electrons. The molecular weight excluding hydrogens is 284 g/mol. The van der Waals surface area contributed by atoms with Gasteiger partial charge in [-0.3, -0.25) is 4.68 Å². The van der Waals surface area contributed by atoms with E-state index in [4.69, 9.17) is 5.26 Å². The lowest BCUT2D eigenvalue weighted by molar-refractivity contribution is 0.213. The standard InChI is InChI=1S/C11H9BrN4O/c1-16-7(6-13)5-9(15-16)10(17)8-3-2-4-14-11(8)12/h2-5,10,17H,1H3. The van der Waals surface area contributed by atoms with E-state index >= 15 is 0 Å². The van der Waals surface area contributed by atoms with Crippen LogP contribution < -0.4 is 0 Å². The van der Waals surface area contributed by atoms with E-state index in [1.54, 1.807) is 31.4 Å². The Labute approximate surface area is 106 Å². The van der Waals surface area contributed by atoms with E-state index in [0.717, 1.165) is 0 Å². The Morgan fingerprint density at radius 1 is 1.59 bits per heavy atom. The van der Waals surface area contributed by atoms with Crippen LogP contribution in [0.1, 0.15) is 23.1 Å². The molecule has 2 aromatic rings. The number of pyridine rings is 1. The van der Waals surface area contributed by atoms with E-state index in [1.165, 1.54) is 4.68 Å². The third-order valence-electron chi connectivity index (χ3n) is 2.38. The van der Waals surface area contributed by atoms with E-state index < -0.39 is 6.10 Å². The van der Waals surface area contributed by atoms with Crippen molar-refractivity contribution in [3.63, 3.8) is 0 Å². The predicted molar refractivity (Wildman–Crippen MR) is 63.9 cm³/mol. The molecule has 0 saturated heterocycles. The van der Waals surface area contributed by atoms with Crippen LogP contribution >= 0.6 is 15.9 Å². The quantitative estimate of drug-likeness (QED) is 0.852. The molecule has 2 aromatic heterocycles. The minimum Gasteiger partial charge on any atom is -0.382 e. The van der Waals surface area contributed by atoms with Crippen molar-refractivity contribution >= 4 is 15.9 Å². The first-order valence-corrected chi connectivity index (χ1v) is 5.65. The van der Waals surface area contributed by atoms with Crippen molar-refractivity contribution in [1.29, 1.82) is 5.26 Å². The van der Waals surface area contributed by atoms with Gasteiger partial charge < -0.3 is 5.11 Å². The van der Waals surface area contributed by atoms with E-state index in [2.05, 4.69) is 26.0 Å². The van der Waals surface area contributed by atoms with Crippen molar-refractivity contribution in [2.24, 2.45) is 7.05 Å². The topological polar surface area (TPSA) is 74.7 Å². The molecule has 1 atom stereocenters. The van der Waals surface area contributed by atoms with E-state index in [9.17, 15) is 5.11 Å². The summed E-state index contributed by atoms with van der Waals surface area (Å²) in [4.78, 5) is 4.03. The highest BCUT2D eigenvalue weighted by Crippen LogP contribution is 2.26. The van der Waals surface area contributed by atoms with Crippen molar-refractivity contribution in [3.8, 4) is 6.07 Å². The minimum absolute atomic E-state index is 0.402. The Bertz CT molecular complexity index is 587. The van der Waals surface area contributed by atoms with Gasteiger partial charge in [0.1, 0.15) is 22.5 Å². The molecule has 0 aromatic carbocycles. The monoisotopic (exact) mass is 292 g/mol. The van der Waals surface area contributed by atoms with Crippen molar-refractivity contribution < 1.29 is 5.11 Å². The number of aliphatic hydroxyl groups is 1. The number of aliphatic hydroxyl groups excluding tert-OH is 1. The van der Waals surface area contributed by atoms with Crippen LogP contribution in [-0.2, 0) is 7.05 Å². The molecular formula is C11H9BrN4O. The van der Waals surface area contributed by atoms with Gasteiger partial charge in [-0.25, -0.2) is 4.98 Å². The SMILES string of the molecule is Cn1nc(C(O)c2cccnc2Br)cc1C#N. The average molecular weight is 293 g/mol. The smallest absolute Gasteiger partial charge is 0.138 e. The van der Waals surface area contributed by atoms with Crippen LogP contribution in [0.25, 0.3) is 0 Å². The Morgan fingerprint density at radius 3 is 2.94 bits per heavy atom. The van der Waals surface area contributed by atoms with Gasteiger partial charge in [-0.1, -0.05) is 6.07 Å². The molecule has 0 aliphatic rings. The number of nitrogens with zero attached hydrogens (tertiary/aromatic N) is 4. The fourth-order valence-corrected chi connectivity index (χ4v) is 1.96. The number of aromatic nitrogens is 3. The summed E-state index contributed by atoms with van der Waals surface area (Å²) >= 11 is 3.27. The third-order valence-corrected chi connectivity index (χ3v) is 3.04. The summed E-state index contributed by atoms with van der Waals surface area (Å²) in [6.45, 7) is 0. The van der Waals surface area contributed by atoms with Gasteiger partial charge in [-0.2, -0.15) is 10.4 Å². The van der Waals surface area contributed by atoms with E-state index in [-0.39, 0.29) is 0 Å². The van der Waals surface area contributed by atoms with E-state index in [1.807, 2.05) is 6.07 Å². The maximum atomic E-state index is 10.2. The largest absolute Gasteiger partial charge is 0.382 e. The lowest BCUT2D eigenvalue weighted by Crippen LogP contribution is -2.03. The molecule has 86 valence electrons. The molecule has 2 rings (SSSR count). The second-order valence-corrected chi connectivity index (χ2v) is 4.23. The predicted octanol–water partition coefficient (Wildman–Crippen LogP) is 1.53. The molecule has 0 aliphatic carbocycles. The number of rotatable bonds is 2. The average Bonchev–Trinajstić information content (AvgIpc) is 2.70. The van der Waals surface area contributed by atoms with Gasteiger partial charge in [0.15, 0.2) is 0 Å². The Morgan fingerprint density at radius 2 is 2.35 bits per heavy atom. The van der Waals surface area contributed by atoms with Crippen molar-refractivity contribution in [1.82, 2.24) is 14.8 Å². The summed E-state index contributed by atoms with van der Waals surface area (Å²) in [6, 6.07) is 7.04. The van der Waals surface area contributed by atoms with Crippen LogP contribution in [0.5, 0.6) is 0 Å². The van der Waals surface area contributed by atoms with Gasteiger partial charge in [-0.15, -0.1) is 0 Å². The molecule has 0 aliphatic heterocycles. The molecule has 1 unspecified atom stereocenters. The lowest BCUT2D eigenvalue weighted by atomic mass is 10.1. The maximum Gasteiger partial charge on any atom is 0.138 e. The summed E-state index contributed by atoms with van der Waals surface area (Å²) in [5, 5.41) is 23.1. The van der Waals surface area contributed by atoms with Crippen LogP contribution in [0.15, 0.2) is 29.0 Å². The van der Waals surface area contributed by atoms with Gasteiger partial charge >= 0.3 is 0 Å². The first-order chi connectivity index (χ1) is 8.13. The number of halogens is 1. The molecule has 0 saturated carbocycles. The van der Waals surface area contributed by atoms with Crippen molar-refractivity contribution in [2.75, 3.05) is 0 Å². The van der Waals surface area contributed by atoms with Crippen molar-refractivity contribution in [3.05, 3.63) is 46.0 Å². The van der Waals surface area contributed by atoms with Crippen LogP contribution in [0.4, 0.5) is 0 Å². The molecule has 2 heterocycles. The first kappa shape index (κ1) is 11.8. The zero-order valence-corrected chi connectivity index (χ0v) is 10.6. The number of hydrogen-bond acceptors (Lipinski definition) is 4. The molecule has 1 N–H and O–H groups in total. The summed E-state index contributed by atoms with van der Waals surface area (Å²) in [6.07, 6.45) is 0.728. The molecule has 6 heteroatoms. The van der Waals surface area contributed by atoms with Gasteiger partial charge in [0.2, 0.25) is 0 Å². The molecule has 17 heavy (non-hydrogen) atoms. The fraction of sp³-hybridized carbons (Fsp3) is 0.182. The molecule has 0 fully saturated rings. The molecule has 0 amide bonds. The highest BCUT2D eigenvalue weighted by molar-refractivity contribution is 9.10. The number of nitriles is 1. The summed E-state index contributed by atoms with van der Waals surface area (Å²) in [7, 11) is 1.66. The molecule has 5 nitrogen and oxygen atoms in total. The second kappa shape index (κ2) is 4.65. The zero-order chi connectivity index (χ0) is 12.4. The fourth-order valence-electron chi connectivity index (χ4n) is 1.49. The lowest BCUT2D eigenvalue weighted by Gasteiger charge is -2.08. The van der Waals surface area contributed by atoms with E-state index in [0.29, 0.717) is 21.6 Å². The van der Waals surface area contributed by atoms with Crippen LogP contribution in [0.3, 0.4) is 0 Å². The van der Waals surface area contributed by atoms with Gasteiger partial charge in [-0.05, 0) is 22.0 Å². The third kappa shape index (κ3) is 2.20. The van der Waals surface area contributed by atoms with Crippen LogP contribution in [0.2, 0.25) is 0 Å². The first-order valence-electron chi connectivity index (χ1n) is 4.86. The van der Waals surface area contributed by atoms with Gasteiger partial charge in [0.25, 0.3) is 0 Å². The number of aryl methyl sites for hydroxylation is 1. The molecule has 0 bridgehead atoms. The highest BCUT2D eigenvalue weighted by Gasteiger charge is 2.18. The Balaban J connectivity index is 2.41. The number of hydrogen-bond donors (Lipinski definition) is 1. The Kier molecular flexibility index (Phi) is 3.22. The maximum absolute atomic E-state index is 10.2. The van der Waals surface area contributed by atoms with Crippen LogP contribution in [0, 0.1) is 11.3 Å². The van der Waals surface area contributed by atoms with Gasteiger partial charge in [0, 0.05) is 24.9 Å². The normalized spacial score (nSPS) is 12.1. The van der Waals surface area contributed by atoms with Crippen molar-refractivity contribution in [2.45, 2.75) is 6.10 Å². The summed E-state index contributed by atoms with van der Waals surface area (Å²) < 4.78 is 2.00. The van der Waals surface area contributed by atoms with Crippen LogP contribution in [-0.4, -0.2) is 19.9 Å². The molecule has 0 spiro atoms. The zero-order valence-electron chi connectivity index (χ0n) is 9.00. The second-order valence-electron chi connectivity index (χ2n) is 3.48. The summed E-state index contributed by atoms with van der Waals surface area (Å²) in [5.41, 5.74) is 1.45. The minimum atomic E-state index is -0.897.